The van der Waals surface area contributed by atoms with E-state index in [1.807, 2.05) is 48.5 Å². The number of nitrogens with one attached hydrogen (secondary N) is 1. The van der Waals surface area contributed by atoms with Gasteiger partial charge in [-0.15, -0.1) is 0 Å². The van der Waals surface area contributed by atoms with Crippen LogP contribution in [0.1, 0.15) is 29.0 Å². The molecule has 0 unspecified atom stereocenters. The molecule has 0 spiro atoms. The second kappa shape index (κ2) is 11.6. The first kappa shape index (κ1) is 23.6. The van der Waals surface area contributed by atoms with E-state index >= 15 is 0 Å². The molecule has 1 heterocycles. The zero-order valence-corrected chi connectivity index (χ0v) is 19.9. The highest BCUT2D eigenvalue weighted by Gasteiger charge is 2.12. The van der Waals surface area contributed by atoms with E-state index in [1.54, 1.807) is 25.3 Å². The maximum absolute atomic E-state index is 12.5. The van der Waals surface area contributed by atoms with E-state index in [1.165, 1.54) is 0 Å². The minimum absolute atomic E-state index is 0.177. The number of carbonyl (C=O) groups excluding carboxylic acids is 1. The highest BCUT2D eigenvalue weighted by molar-refractivity contribution is 6.33. The summed E-state index contributed by atoms with van der Waals surface area (Å²) >= 11 is 6.14. The third-order valence-corrected chi connectivity index (χ3v) is 5.92. The summed E-state index contributed by atoms with van der Waals surface area (Å²) in [5, 5.41) is 3.41. The van der Waals surface area contributed by atoms with Gasteiger partial charge in [-0.05, 0) is 61.4 Å². The number of halogens is 1. The largest absolute Gasteiger partial charge is 0.497 e. The number of unbranched alkanes of at least 4 members (excludes halogenated alkanes) is 1. The summed E-state index contributed by atoms with van der Waals surface area (Å²) in [7, 11) is 1.65. The van der Waals surface area contributed by atoms with E-state index < -0.39 is 0 Å². The summed E-state index contributed by atoms with van der Waals surface area (Å²) in [5.41, 5.74) is 2.55. The Hall–Kier alpha value is -3.51. The van der Waals surface area contributed by atoms with Gasteiger partial charge in [0.25, 0.3) is 5.91 Å². The van der Waals surface area contributed by atoms with Gasteiger partial charge in [0.15, 0.2) is 0 Å². The normalized spacial score (nSPS) is 10.9. The van der Waals surface area contributed by atoms with Gasteiger partial charge < -0.3 is 19.4 Å². The number of hydrogen-bond acceptors (Lipinski definition) is 4. The first-order valence-corrected chi connectivity index (χ1v) is 11.8. The van der Waals surface area contributed by atoms with E-state index in [9.17, 15) is 4.79 Å². The molecule has 176 valence electrons. The van der Waals surface area contributed by atoms with Crippen molar-refractivity contribution in [2.24, 2.45) is 0 Å². The van der Waals surface area contributed by atoms with E-state index in [-0.39, 0.29) is 5.91 Å². The number of ether oxygens (including phenoxy) is 2. The van der Waals surface area contributed by atoms with E-state index in [0.717, 1.165) is 47.7 Å². The summed E-state index contributed by atoms with van der Waals surface area (Å²) in [5.74, 6) is 2.43. The number of amides is 1. The number of fused-ring (bicyclic) bond motifs is 1. The van der Waals surface area contributed by atoms with Crippen LogP contribution in [0.4, 0.5) is 0 Å². The van der Waals surface area contributed by atoms with Crippen molar-refractivity contribution in [2.45, 2.75) is 25.8 Å². The van der Waals surface area contributed by atoms with Crippen LogP contribution in [0.2, 0.25) is 5.02 Å². The van der Waals surface area contributed by atoms with Crippen molar-refractivity contribution in [1.29, 1.82) is 0 Å². The monoisotopic (exact) mass is 477 g/mol. The number of imidazole rings is 1. The van der Waals surface area contributed by atoms with Crippen molar-refractivity contribution in [3.63, 3.8) is 0 Å². The van der Waals surface area contributed by atoms with Gasteiger partial charge >= 0.3 is 0 Å². The van der Waals surface area contributed by atoms with Crippen molar-refractivity contribution in [1.82, 2.24) is 14.9 Å². The SMILES string of the molecule is COc1ccc(OCCCCn2c(CCNC(=O)c3ccccc3Cl)nc3ccccc32)cc1. The number of hydrogen-bond donors (Lipinski definition) is 1. The number of nitrogens with zero attached hydrogens (tertiary/aromatic N) is 2. The molecule has 0 radical (unpaired) electrons. The summed E-state index contributed by atoms with van der Waals surface area (Å²) in [6, 6.07) is 22.8. The van der Waals surface area contributed by atoms with Crippen LogP contribution in [-0.4, -0.2) is 35.7 Å². The average Bonchev–Trinajstić information content (AvgIpc) is 3.21. The second-order valence-electron chi connectivity index (χ2n) is 7.89. The maximum Gasteiger partial charge on any atom is 0.252 e. The molecule has 4 aromatic rings. The lowest BCUT2D eigenvalue weighted by Gasteiger charge is -2.11. The van der Waals surface area contributed by atoms with Crippen molar-refractivity contribution in [3.05, 3.63) is 89.2 Å². The first-order valence-electron chi connectivity index (χ1n) is 11.4. The van der Waals surface area contributed by atoms with Gasteiger partial charge in [0.1, 0.15) is 17.3 Å². The Labute approximate surface area is 204 Å². The third-order valence-electron chi connectivity index (χ3n) is 5.59. The van der Waals surface area contributed by atoms with Crippen LogP contribution in [0.5, 0.6) is 11.5 Å². The number of rotatable bonds is 11. The Balaban J connectivity index is 1.32. The van der Waals surface area contributed by atoms with Crippen molar-refractivity contribution in [2.75, 3.05) is 20.3 Å². The summed E-state index contributed by atoms with van der Waals surface area (Å²) in [6.07, 6.45) is 2.50. The average molecular weight is 478 g/mol. The fraction of sp³-hybridized carbons (Fsp3) is 0.259. The van der Waals surface area contributed by atoms with Gasteiger partial charge in [-0.1, -0.05) is 35.9 Å². The van der Waals surface area contributed by atoms with E-state index in [4.69, 9.17) is 26.1 Å². The zero-order chi connectivity index (χ0) is 23.8. The molecule has 1 amide bonds. The molecular formula is C27H28ClN3O3. The van der Waals surface area contributed by atoms with Gasteiger partial charge in [0.05, 0.1) is 35.3 Å². The molecule has 0 atom stereocenters. The topological polar surface area (TPSA) is 65.4 Å². The lowest BCUT2D eigenvalue weighted by Crippen LogP contribution is -2.26. The van der Waals surface area contributed by atoms with Crippen LogP contribution >= 0.6 is 11.6 Å². The molecule has 1 aromatic heterocycles. The predicted molar refractivity (Wildman–Crippen MR) is 135 cm³/mol. The van der Waals surface area contributed by atoms with E-state index in [0.29, 0.717) is 30.2 Å². The lowest BCUT2D eigenvalue weighted by molar-refractivity contribution is 0.0954. The summed E-state index contributed by atoms with van der Waals surface area (Å²) in [6.45, 7) is 1.95. The molecule has 6 nitrogen and oxygen atoms in total. The molecule has 0 saturated heterocycles. The fourth-order valence-corrected chi connectivity index (χ4v) is 4.05. The minimum atomic E-state index is -0.177. The van der Waals surface area contributed by atoms with Crippen LogP contribution in [-0.2, 0) is 13.0 Å². The molecule has 0 aliphatic rings. The number of carbonyl (C=O) groups is 1. The highest BCUT2D eigenvalue weighted by atomic mass is 35.5. The molecule has 1 N–H and O–H groups in total. The Morgan fingerprint density at radius 1 is 0.971 bits per heavy atom. The number of aryl methyl sites for hydroxylation is 1. The second-order valence-corrected chi connectivity index (χ2v) is 8.29. The number of para-hydroxylation sites is 2. The van der Waals surface area contributed by atoms with Crippen LogP contribution in [0, 0.1) is 0 Å². The molecule has 0 aliphatic heterocycles. The summed E-state index contributed by atoms with van der Waals surface area (Å²) in [4.78, 5) is 17.3. The maximum atomic E-state index is 12.5. The summed E-state index contributed by atoms with van der Waals surface area (Å²) < 4.78 is 13.3. The Morgan fingerprint density at radius 3 is 2.50 bits per heavy atom. The molecular weight excluding hydrogens is 450 g/mol. The molecule has 3 aromatic carbocycles. The van der Waals surface area contributed by atoms with Crippen LogP contribution < -0.4 is 14.8 Å². The third kappa shape index (κ3) is 5.88. The first-order chi connectivity index (χ1) is 16.7. The van der Waals surface area contributed by atoms with Gasteiger partial charge in [0, 0.05) is 19.5 Å². The highest BCUT2D eigenvalue weighted by Crippen LogP contribution is 2.19. The predicted octanol–water partition coefficient (Wildman–Crippen LogP) is 5.53. The molecule has 4 rings (SSSR count). The fourth-order valence-electron chi connectivity index (χ4n) is 3.83. The molecule has 0 fully saturated rings. The Kier molecular flexibility index (Phi) is 8.04. The molecule has 0 bridgehead atoms. The van der Waals surface area contributed by atoms with Crippen molar-refractivity contribution in [3.8, 4) is 11.5 Å². The standard InChI is InChI=1S/C27H28ClN3O3/c1-33-20-12-14-21(15-13-20)34-19-7-6-18-31-25-11-5-4-10-24(25)30-26(31)16-17-29-27(32)22-8-2-3-9-23(22)28/h2-5,8-15H,6-7,16-19H2,1H3,(H,29,32). The van der Waals surface area contributed by atoms with Crippen molar-refractivity contribution < 1.29 is 14.3 Å². The lowest BCUT2D eigenvalue weighted by atomic mass is 10.2. The van der Waals surface area contributed by atoms with Crippen LogP contribution in [0.3, 0.4) is 0 Å². The quantitative estimate of drug-likeness (QED) is 0.288. The van der Waals surface area contributed by atoms with Crippen LogP contribution in [0.15, 0.2) is 72.8 Å². The number of methoxy groups -OCH3 is 1. The van der Waals surface area contributed by atoms with Crippen LogP contribution in [0.25, 0.3) is 11.0 Å². The van der Waals surface area contributed by atoms with E-state index in [2.05, 4.69) is 16.0 Å². The smallest absolute Gasteiger partial charge is 0.252 e. The molecule has 34 heavy (non-hydrogen) atoms. The number of aromatic nitrogens is 2. The van der Waals surface area contributed by atoms with Gasteiger partial charge in [-0.3, -0.25) is 4.79 Å². The minimum Gasteiger partial charge on any atom is -0.497 e. The van der Waals surface area contributed by atoms with Gasteiger partial charge in [0.2, 0.25) is 0 Å². The van der Waals surface area contributed by atoms with Gasteiger partial charge in [-0.25, -0.2) is 4.98 Å². The number of benzene rings is 3. The Bertz CT molecular complexity index is 1240. The zero-order valence-electron chi connectivity index (χ0n) is 19.2. The molecule has 7 heteroatoms. The van der Waals surface area contributed by atoms with Gasteiger partial charge in [-0.2, -0.15) is 0 Å². The molecule has 0 aliphatic carbocycles. The van der Waals surface area contributed by atoms with Crippen molar-refractivity contribution >= 4 is 28.5 Å². The Morgan fingerprint density at radius 2 is 1.71 bits per heavy atom. The molecule has 0 saturated carbocycles.